The summed E-state index contributed by atoms with van der Waals surface area (Å²) in [7, 11) is 0. The van der Waals surface area contributed by atoms with Crippen molar-refractivity contribution in [3.63, 3.8) is 0 Å². The number of aromatic nitrogens is 1. The fourth-order valence-electron chi connectivity index (χ4n) is 3.96. The van der Waals surface area contributed by atoms with E-state index in [0.717, 1.165) is 36.6 Å². The SMILES string of the molecule is CC(C(=O)N1CCN(c2cccc(Cl)c2)CC1)c1ccc(Nc2ccnc(C(F)(F)F)c2)cc1. The molecule has 1 fully saturated rings. The molecule has 0 radical (unpaired) electrons. The van der Waals surface area contributed by atoms with Crippen molar-refractivity contribution in [2.24, 2.45) is 0 Å². The van der Waals surface area contributed by atoms with Crippen LogP contribution in [0, 0.1) is 0 Å². The maximum absolute atomic E-state index is 13.1. The Morgan fingerprint density at radius 3 is 2.35 bits per heavy atom. The molecule has 1 N–H and O–H groups in total. The van der Waals surface area contributed by atoms with Gasteiger partial charge in [-0.3, -0.25) is 9.78 Å². The molecular weight excluding hydrogens is 465 g/mol. The second-order valence-electron chi connectivity index (χ2n) is 8.19. The van der Waals surface area contributed by atoms with Gasteiger partial charge >= 0.3 is 6.18 Å². The van der Waals surface area contributed by atoms with Gasteiger partial charge in [0.2, 0.25) is 5.91 Å². The predicted molar refractivity (Wildman–Crippen MR) is 128 cm³/mol. The lowest BCUT2D eigenvalue weighted by Gasteiger charge is -2.37. The molecule has 1 amide bonds. The van der Waals surface area contributed by atoms with Crippen molar-refractivity contribution in [1.82, 2.24) is 9.88 Å². The van der Waals surface area contributed by atoms with Crippen LogP contribution in [-0.2, 0) is 11.0 Å². The molecule has 0 saturated carbocycles. The summed E-state index contributed by atoms with van der Waals surface area (Å²) in [6, 6.07) is 17.3. The van der Waals surface area contributed by atoms with Crippen molar-refractivity contribution in [2.45, 2.75) is 19.0 Å². The third-order valence-corrected chi connectivity index (χ3v) is 6.12. The van der Waals surface area contributed by atoms with E-state index >= 15 is 0 Å². The molecule has 1 unspecified atom stereocenters. The molecule has 4 rings (SSSR count). The maximum atomic E-state index is 13.1. The highest BCUT2D eigenvalue weighted by atomic mass is 35.5. The normalized spacial score (nSPS) is 15.2. The number of nitrogens with one attached hydrogen (secondary N) is 1. The summed E-state index contributed by atoms with van der Waals surface area (Å²) in [6.07, 6.45) is -3.39. The molecule has 0 spiro atoms. The second kappa shape index (κ2) is 9.93. The maximum Gasteiger partial charge on any atom is 0.433 e. The Balaban J connectivity index is 1.35. The lowest BCUT2D eigenvalue weighted by atomic mass is 9.99. The first-order chi connectivity index (χ1) is 16.2. The van der Waals surface area contributed by atoms with Crippen LogP contribution >= 0.6 is 11.6 Å². The molecular formula is C25H24ClF3N4O. The summed E-state index contributed by atoms with van der Waals surface area (Å²) in [5.41, 5.74) is 1.85. The minimum absolute atomic E-state index is 0.0513. The van der Waals surface area contributed by atoms with Crippen LogP contribution in [-0.4, -0.2) is 42.0 Å². The van der Waals surface area contributed by atoms with Gasteiger partial charge in [-0.1, -0.05) is 29.8 Å². The van der Waals surface area contributed by atoms with E-state index in [1.165, 1.54) is 6.07 Å². The van der Waals surface area contributed by atoms with Crippen LogP contribution in [0.5, 0.6) is 0 Å². The van der Waals surface area contributed by atoms with Crippen molar-refractivity contribution >= 4 is 34.6 Å². The number of carbonyl (C=O) groups excluding carboxylic acids is 1. The van der Waals surface area contributed by atoms with Crippen LogP contribution in [0.1, 0.15) is 24.1 Å². The molecule has 1 saturated heterocycles. The summed E-state index contributed by atoms with van der Waals surface area (Å²) in [6.45, 7) is 4.57. The van der Waals surface area contributed by atoms with Gasteiger partial charge in [0.25, 0.3) is 0 Å². The van der Waals surface area contributed by atoms with Crippen molar-refractivity contribution in [3.05, 3.63) is 83.1 Å². The standard InChI is InChI=1S/C25H24ClF3N4O/c1-17(24(34)33-13-11-32(12-14-33)22-4-2-3-19(26)15-22)18-5-7-20(8-6-18)31-21-9-10-30-23(16-21)25(27,28)29/h2-10,15-17H,11-14H2,1H3,(H,30,31). The first-order valence-electron chi connectivity index (χ1n) is 10.9. The smallest absolute Gasteiger partial charge is 0.368 e. The highest BCUT2D eigenvalue weighted by molar-refractivity contribution is 6.30. The van der Waals surface area contributed by atoms with E-state index in [0.29, 0.717) is 23.8 Å². The molecule has 2 aromatic carbocycles. The molecule has 0 bridgehead atoms. The Bertz CT molecular complexity index is 1150. The fourth-order valence-corrected chi connectivity index (χ4v) is 4.14. The number of piperazine rings is 1. The lowest BCUT2D eigenvalue weighted by Crippen LogP contribution is -2.49. The molecule has 1 aliphatic heterocycles. The largest absolute Gasteiger partial charge is 0.433 e. The number of benzene rings is 2. The molecule has 5 nitrogen and oxygen atoms in total. The van der Waals surface area contributed by atoms with Crippen LogP contribution < -0.4 is 10.2 Å². The quantitative estimate of drug-likeness (QED) is 0.482. The Morgan fingerprint density at radius 1 is 1.00 bits per heavy atom. The van der Waals surface area contributed by atoms with Crippen LogP contribution in [0.3, 0.4) is 0 Å². The van der Waals surface area contributed by atoms with Gasteiger partial charge in [-0.2, -0.15) is 13.2 Å². The van der Waals surface area contributed by atoms with Gasteiger partial charge in [0.05, 0.1) is 5.92 Å². The minimum atomic E-state index is -4.50. The number of hydrogen-bond acceptors (Lipinski definition) is 4. The van der Waals surface area contributed by atoms with Crippen LogP contribution in [0.25, 0.3) is 0 Å². The molecule has 34 heavy (non-hydrogen) atoms. The molecule has 178 valence electrons. The first-order valence-corrected chi connectivity index (χ1v) is 11.3. The molecule has 0 aliphatic carbocycles. The monoisotopic (exact) mass is 488 g/mol. The van der Waals surface area contributed by atoms with Crippen LogP contribution in [0.2, 0.25) is 5.02 Å². The number of amides is 1. The van der Waals surface area contributed by atoms with E-state index in [4.69, 9.17) is 11.6 Å². The van der Waals surface area contributed by atoms with Gasteiger partial charge in [-0.05, 0) is 55.0 Å². The average molecular weight is 489 g/mol. The van der Waals surface area contributed by atoms with Crippen LogP contribution in [0.15, 0.2) is 66.9 Å². The molecule has 1 aliphatic rings. The third kappa shape index (κ3) is 5.62. The van der Waals surface area contributed by atoms with Crippen molar-refractivity contribution in [3.8, 4) is 0 Å². The second-order valence-corrected chi connectivity index (χ2v) is 8.62. The minimum Gasteiger partial charge on any atom is -0.368 e. The van der Waals surface area contributed by atoms with E-state index < -0.39 is 11.9 Å². The summed E-state index contributed by atoms with van der Waals surface area (Å²) in [5, 5.41) is 3.64. The number of anilines is 3. The van der Waals surface area contributed by atoms with Gasteiger partial charge in [0.15, 0.2) is 0 Å². The van der Waals surface area contributed by atoms with Gasteiger partial charge in [-0.15, -0.1) is 0 Å². The molecule has 9 heteroatoms. The average Bonchev–Trinajstić information content (AvgIpc) is 2.83. The number of carbonyl (C=O) groups is 1. The van der Waals surface area contributed by atoms with E-state index in [2.05, 4.69) is 15.2 Å². The Labute approximate surface area is 201 Å². The fraction of sp³-hybridized carbons (Fsp3) is 0.280. The van der Waals surface area contributed by atoms with Crippen molar-refractivity contribution in [1.29, 1.82) is 0 Å². The summed E-state index contributed by atoms with van der Waals surface area (Å²) < 4.78 is 38.6. The number of hydrogen-bond donors (Lipinski definition) is 1. The number of halogens is 4. The third-order valence-electron chi connectivity index (χ3n) is 5.88. The summed E-state index contributed by atoms with van der Waals surface area (Å²) >= 11 is 6.09. The molecule has 1 aromatic heterocycles. The Morgan fingerprint density at radius 2 is 1.71 bits per heavy atom. The van der Waals surface area contributed by atoms with E-state index in [-0.39, 0.29) is 17.5 Å². The molecule has 1 atom stereocenters. The predicted octanol–water partition coefficient (Wildman–Crippen LogP) is 5.95. The molecule has 2 heterocycles. The summed E-state index contributed by atoms with van der Waals surface area (Å²) in [4.78, 5) is 20.5. The highest BCUT2D eigenvalue weighted by Gasteiger charge is 2.32. The zero-order valence-electron chi connectivity index (χ0n) is 18.5. The van der Waals surface area contributed by atoms with Gasteiger partial charge in [0.1, 0.15) is 5.69 Å². The zero-order valence-corrected chi connectivity index (χ0v) is 19.3. The van der Waals surface area contributed by atoms with Crippen LogP contribution in [0.4, 0.5) is 30.2 Å². The number of alkyl halides is 3. The summed E-state index contributed by atoms with van der Waals surface area (Å²) in [5.74, 6) is -0.278. The van der Waals surface area contributed by atoms with E-state index in [1.807, 2.05) is 48.2 Å². The molecule has 3 aromatic rings. The van der Waals surface area contributed by atoms with Crippen molar-refractivity contribution < 1.29 is 18.0 Å². The zero-order chi connectivity index (χ0) is 24.3. The van der Waals surface area contributed by atoms with Gasteiger partial charge in [-0.25, -0.2) is 0 Å². The van der Waals surface area contributed by atoms with E-state index in [1.54, 1.807) is 12.1 Å². The first kappa shape index (κ1) is 23.9. The Hall–Kier alpha value is -3.26. The van der Waals surface area contributed by atoms with Gasteiger partial charge in [0, 0.05) is 54.5 Å². The van der Waals surface area contributed by atoms with E-state index in [9.17, 15) is 18.0 Å². The Kier molecular flexibility index (Phi) is 6.97. The van der Waals surface area contributed by atoms with Gasteiger partial charge < -0.3 is 15.1 Å². The van der Waals surface area contributed by atoms with Crippen molar-refractivity contribution in [2.75, 3.05) is 36.4 Å². The lowest BCUT2D eigenvalue weighted by molar-refractivity contribution is -0.141. The number of rotatable bonds is 5. The highest BCUT2D eigenvalue weighted by Crippen LogP contribution is 2.30. The number of pyridine rings is 1. The topological polar surface area (TPSA) is 48.5 Å². The number of nitrogens with zero attached hydrogens (tertiary/aromatic N) is 3.